The second-order valence-corrected chi connectivity index (χ2v) is 9.85. The van der Waals surface area contributed by atoms with Crippen molar-refractivity contribution < 1.29 is 9.36 Å². The smallest absolute Gasteiger partial charge is 0.270 e. The summed E-state index contributed by atoms with van der Waals surface area (Å²) in [6.07, 6.45) is 5.61. The minimum absolute atomic E-state index is 0.0273. The van der Waals surface area contributed by atoms with Gasteiger partial charge in [-0.1, -0.05) is 84.1 Å². The lowest BCUT2D eigenvalue weighted by molar-refractivity contribution is -0.692. The summed E-state index contributed by atoms with van der Waals surface area (Å²) in [7, 11) is 0. The molecule has 0 fully saturated rings. The van der Waals surface area contributed by atoms with Crippen molar-refractivity contribution in [3.05, 3.63) is 78.1 Å². The van der Waals surface area contributed by atoms with E-state index in [1.54, 1.807) is 6.08 Å². The van der Waals surface area contributed by atoms with Crippen molar-refractivity contribution in [3.63, 3.8) is 0 Å². The molecule has 0 amide bonds. The number of carbonyl (C=O) groups is 1. The minimum Gasteiger partial charge on any atom is -0.370 e. The van der Waals surface area contributed by atoms with E-state index in [0.29, 0.717) is 17.1 Å². The number of hydrogen-bond acceptors (Lipinski definition) is 2. The van der Waals surface area contributed by atoms with Gasteiger partial charge in [-0.3, -0.25) is 4.79 Å². The van der Waals surface area contributed by atoms with Crippen LogP contribution in [0.15, 0.2) is 61.4 Å². The fourth-order valence-corrected chi connectivity index (χ4v) is 3.37. The summed E-state index contributed by atoms with van der Waals surface area (Å²) < 4.78 is 1.88. The van der Waals surface area contributed by atoms with Crippen LogP contribution >= 0.6 is 12.2 Å². The molecule has 154 valence electrons. The maximum absolute atomic E-state index is 13.4. The number of nitrogens with zero attached hydrogens (tertiary/aromatic N) is 1. The van der Waals surface area contributed by atoms with Gasteiger partial charge in [0.05, 0.1) is 0 Å². The molecule has 0 saturated carbocycles. The van der Waals surface area contributed by atoms with Crippen molar-refractivity contribution in [2.45, 2.75) is 58.4 Å². The van der Waals surface area contributed by atoms with Gasteiger partial charge in [-0.2, -0.15) is 4.57 Å². The Balaban J connectivity index is 2.41. The lowest BCUT2D eigenvalue weighted by atomic mass is 9.86. The van der Waals surface area contributed by atoms with Crippen LogP contribution in [0, 0.1) is 0 Å². The number of hydrogen-bond donors (Lipinski definition) is 1. The molecule has 4 heteroatoms. The van der Waals surface area contributed by atoms with E-state index in [1.165, 1.54) is 11.1 Å². The monoisotopic (exact) mass is 409 g/mol. The molecule has 0 saturated heterocycles. The topological polar surface area (TPSA) is 33.0 Å². The van der Waals surface area contributed by atoms with Gasteiger partial charge in [-0.05, 0) is 22.0 Å². The molecule has 3 nitrogen and oxygen atoms in total. The highest BCUT2D eigenvalue weighted by Gasteiger charge is 2.33. The van der Waals surface area contributed by atoms with Crippen molar-refractivity contribution in [1.82, 2.24) is 5.32 Å². The first-order valence-corrected chi connectivity index (χ1v) is 10.4. The van der Waals surface area contributed by atoms with Crippen molar-refractivity contribution in [1.29, 1.82) is 0 Å². The molecular formula is C25H33N2OS+. The number of thiocarbonyl (C=S) groups is 1. The van der Waals surface area contributed by atoms with Crippen molar-refractivity contribution in [2.24, 2.45) is 0 Å². The van der Waals surface area contributed by atoms with Gasteiger partial charge in [0, 0.05) is 24.2 Å². The molecule has 1 aromatic heterocycles. The second-order valence-electron chi connectivity index (χ2n) is 9.41. The maximum atomic E-state index is 13.4. The first-order chi connectivity index (χ1) is 13.4. The molecule has 1 N–H and O–H groups in total. The Morgan fingerprint density at radius 1 is 1.00 bits per heavy atom. The van der Waals surface area contributed by atoms with Crippen LogP contribution in [0.4, 0.5) is 0 Å². The van der Waals surface area contributed by atoms with Crippen LogP contribution < -0.4 is 9.88 Å². The van der Waals surface area contributed by atoms with Gasteiger partial charge in [0.15, 0.2) is 17.4 Å². The number of carbonyl (C=O) groups excluding carboxylic acids is 1. The Labute approximate surface area is 180 Å². The zero-order chi connectivity index (χ0) is 21.8. The molecule has 2 rings (SSSR count). The number of pyridine rings is 1. The van der Waals surface area contributed by atoms with Crippen LogP contribution in [0.1, 0.15) is 69.1 Å². The van der Waals surface area contributed by atoms with Gasteiger partial charge >= 0.3 is 0 Å². The van der Waals surface area contributed by atoms with E-state index in [4.69, 9.17) is 12.2 Å². The molecule has 1 heterocycles. The van der Waals surface area contributed by atoms with Gasteiger partial charge in [0.1, 0.15) is 0 Å². The Hall–Kier alpha value is -2.33. The lowest BCUT2D eigenvalue weighted by Gasteiger charge is -2.20. The number of ketones is 1. The summed E-state index contributed by atoms with van der Waals surface area (Å²) in [5, 5.41) is 3.13. The molecule has 0 aliphatic rings. The quantitative estimate of drug-likeness (QED) is 0.312. The van der Waals surface area contributed by atoms with Gasteiger partial charge in [-0.25, -0.2) is 0 Å². The summed E-state index contributed by atoms with van der Waals surface area (Å²) >= 11 is 5.59. The van der Waals surface area contributed by atoms with Crippen LogP contribution in [0.25, 0.3) is 0 Å². The normalized spacial score (nSPS) is 12.9. The molecule has 0 aliphatic heterocycles. The maximum Gasteiger partial charge on any atom is 0.270 e. The molecule has 0 spiro atoms. The third-order valence-electron chi connectivity index (χ3n) is 4.97. The van der Waals surface area contributed by atoms with E-state index in [1.807, 2.05) is 41.2 Å². The van der Waals surface area contributed by atoms with E-state index >= 15 is 0 Å². The SMILES string of the molecule is C=CCNC(=S)[C@H](C(=O)c1ccc(C(C)(C)C)cc1)[n+]1ccc(C(C)(C)C)cc1. The highest BCUT2D eigenvalue weighted by Crippen LogP contribution is 2.24. The molecule has 0 aliphatic carbocycles. The average molecular weight is 410 g/mol. The predicted octanol–water partition coefficient (Wildman–Crippen LogP) is 5.10. The molecule has 1 atom stereocenters. The number of benzene rings is 1. The van der Waals surface area contributed by atoms with Crippen LogP contribution in [0.3, 0.4) is 0 Å². The van der Waals surface area contributed by atoms with Crippen LogP contribution in [-0.4, -0.2) is 17.3 Å². The average Bonchev–Trinajstić information content (AvgIpc) is 2.65. The van der Waals surface area contributed by atoms with E-state index < -0.39 is 6.04 Å². The fourth-order valence-electron chi connectivity index (χ4n) is 3.06. The van der Waals surface area contributed by atoms with Gasteiger partial charge in [0.2, 0.25) is 5.78 Å². The van der Waals surface area contributed by atoms with Crippen LogP contribution in [-0.2, 0) is 10.8 Å². The first-order valence-electron chi connectivity index (χ1n) is 10.00. The van der Waals surface area contributed by atoms with E-state index in [9.17, 15) is 4.79 Å². The highest BCUT2D eigenvalue weighted by atomic mass is 32.1. The summed E-state index contributed by atoms with van der Waals surface area (Å²) in [5.41, 5.74) is 3.14. The second kappa shape index (κ2) is 9.00. The molecular weight excluding hydrogens is 376 g/mol. The Morgan fingerprint density at radius 3 is 1.93 bits per heavy atom. The summed E-state index contributed by atoms with van der Waals surface area (Å²) in [6.45, 7) is 17.2. The Kier molecular flexibility index (Phi) is 7.12. The predicted molar refractivity (Wildman–Crippen MR) is 125 cm³/mol. The van der Waals surface area contributed by atoms with Gasteiger partial charge < -0.3 is 5.32 Å². The minimum atomic E-state index is -0.598. The highest BCUT2D eigenvalue weighted by molar-refractivity contribution is 7.80. The van der Waals surface area contributed by atoms with Crippen LogP contribution in [0.2, 0.25) is 0 Å². The summed E-state index contributed by atoms with van der Waals surface area (Å²) in [5.74, 6) is -0.0273. The summed E-state index contributed by atoms with van der Waals surface area (Å²) in [6, 6.07) is 11.4. The third kappa shape index (κ3) is 5.83. The zero-order valence-corrected chi connectivity index (χ0v) is 19.3. The fraction of sp³-hybridized carbons (Fsp3) is 0.400. The van der Waals surface area contributed by atoms with Gasteiger partial charge in [-0.15, -0.1) is 6.58 Å². The third-order valence-corrected chi connectivity index (χ3v) is 5.34. The molecule has 2 aromatic rings. The van der Waals surface area contributed by atoms with E-state index in [2.05, 4.69) is 65.6 Å². The Morgan fingerprint density at radius 2 is 1.48 bits per heavy atom. The number of rotatable bonds is 6. The number of aromatic nitrogens is 1. The number of Topliss-reactive ketones (excluding diaryl/α,β-unsaturated/α-hetero) is 1. The Bertz CT molecular complexity index is 869. The first kappa shape index (κ1) is 23.0. The molecule has 0 unspecified atom stereocenters. The van der Waals surface area contributed by atoms with Crippen molar-refractivity contribution in [3.8, 4) is 0 Å². The zero-order valence-electron chi connectivity index (χ0n) is 18.5. The van der Waals surface area contributed by atoms with E-state index in [-0.39, 0.29) is 16.6 Å². The largest absolute Gasteiger partial charge is 0.370 e. The van der Waals surface area contributed by atoms with Crippen LogP contribution in [0.5, 0.6) is 0 Å². The summed E-state index contributed by atoms with van der Waals surface area (Å²) in [4.78, 5) is 13.9. The van der Waals surface area contributed by atoms with Crippen molar-refractivity contribution >= 4 is 23.0 Å². The van der Waals surface area contributed by atoms with Crippen molar-refractivity contribution in [2.75, 3.05) is 6.54 Å². The van der Waals surface area contributed by atoms with Gasteiger partial charge in [0.25, 0.3) is 6.04 Å². The number of nitrogens with one attached hydrogen (secondary N) is 1. The standard InChI is InChI=1S/C25H32N2OS/c1-8-15-26-23(29)21(27-16-13-20(14-17-27)25(5,6)7)22(28)18-9-11-19(12-10-18)24(2,3)4/h8-14,16-17,21H,1,15H2,2-7H3/p+1/t21-/m0/s1. The molecule has 1 aromatic carbocycles. The molecule has 0 bridgehead atoms. The lowest BCUT2D eigenvalue weighted by Crippen LogP contribution is -2.51. The molecule has 0 radical (unpaired) electrons. The molecule has 29 heavy (non-hydrogen) atoms. The van der Waals surface area contributed by atoms with E-state index in [0.717, 1.165) is 0 Å².